The molecule has 0 saturated heterocycles. The number of nitrogens with zero attached hydrogens (tertiary/aromatic N) is 1. The molecular formula is C6H13ClN2O. The molecule has 2 N–H and O–H groups in total. The first-order valence-corrected chi connectivity index (χ1v) is 3.56. The fourth-order valence-corrected chi connectivity index (χ4v) is 0.567. The molecule has 0 spiro atoms. The molecule has 0 radical (unpaired) electrons. The molecule has 10 heavy (non-hydrogen) atoms. The van der Waals surface area contributed by atoms with Crippen molar-refractivity contribution in [1.82, 2.24) is 5.01 Å². The van der Waals surface area contributed by atoms with E-state index in [9.17, 15) is 4.79 Å². The second kappa shape index (κ2) is 3.21. The van der Waals surface area contributed by atoms with E-state index < -0.39 is 0 Å². The number of hydrogen-bond acceptors (Lipinski definition) is 2. The van der Waals surface area contributed by atoms with E-state index in [1.807, 2.05) is 20.8 Å². The lowest BCUT2D eigenvalue weighted by molar-refractivity contribution is -0.133. The first kappa shape index (κ1) is 9.72. The highest BCUT2D eigenvalue weighted by molar-refractivity contribution is 6.27. The van der Waals surface area contributed by atoms with Gasteiger partial charge in [0.25, 0.3) is 5.91 Å². The van der Waals surface area contributed by atoms with Crippen molar-refractivity contribution in [3.8, 4) is 0 Å². The van der Waals surface area contributed by atoms with Crippen LogP contribution in [0.5, 0.6) is 0 Å². The molecule has 4 heteroatoms. The topological polar surface area (TPSA) is 46.3 Å². The Kier molecular flexibility index (Phi) is 3.12. The van der Waals surface area contributed by atoms with Crippen LogP contribution in [0.4, 0.5) is 0 Å². The highest BCUT2D eigenvalue weighted by Crippen LogP contribution is 2.08. The van der Waals surface area contributed by atoms with Crippen molar-refractivity contribution in [3.05, 3.63) is 0 Å². The Morgan fingerprint density at radius 2 is 2.00 bits per heavy atom. The Balaban J connectivity index is 4.08. The molecule has 0 aromatic rings. The second-order valence-corrected chi connectivity index (χ2v) is 3.34. The normalized spacial score (nSPS) is 11.3. The molecule has 0 unspecified atom stereocenters. The lowest BCUT2D eigenvalue weighted by Gasteiger charge is -2.30. The van der Waals surface area contributed by atoms with Crippen molar-refractivity contribution in [1.29, 1.82) is 0 Å². The number of carbonyl (C=O) groups is 1. The summed E-state index contributed by atoms with van der Waals surface area (Å²) < 4.78 is 0. The summed E-state index contributed by atoms with van der Waals surface area (Å²) >= 11 is 5.28. The van der Waals surface area contributed by atoms with Crippen molar-refractivity contribution in [3.63, 3.8) is 0 Å². The molecule has 0 aliphatic rings. The van der Waals surface area contributed by atoms with Gasteiger partial charge in [-0.3, -0.25) is 9.80 Å². The molecule has 0 atom stereocenters. The maximum absolute atomic E-state index is 10.8. The first-order chi connectivity index (χ1) is 4.39. The average molecular weight is 165 g/mol. The largest absolute Gasteiger partial charge is 0.274 e. The molecule has 0 aromatic carbocycles. The van der Waals surface area contributed by atoms with Crippen LogP contribution in [0.2, 0.25) is 0 Å². The molecule has 0 aliphatic carbocycles. The number of rotatable bonds is 1. The molecule has 0 bridgehead atoms. The van der Waals surface area contributed by atoms with Crippen LogP contribution in [0.25, 0.3) is 0 Å². The van der Waals surface area contributed by atoms with Gasteiger partial charge in [0.2, 0.25) is 0 Å². The number of halogens is 1. The number of alkyl halides is 1. The minimum absolute atomic E-state index is 0.0617. The third-order valence-electron chi connectivity index (χ3n) is 1.11. The van der Waals surface area contributed by atoms with Crippen molar-refractivity contribution in [2.75, 3.05) is 5.88 Å². The Labute approximate surface area is 66.1 Å². The molecule has 0 saturated carbocycles. The summed E-state index contributed by atoms with van der Waals surface area (Å²) in [5, 5.41) is 1.14. The highest BCUT2D eigenvalue weighted by atomic mass is 35.5. The van der Waals surface area contributed by atoms with Crippen LogP contribution >= 0.6 is 11.6 Å². The van der Waals surface area contributed by atoms with Crippen molar-refractivity contribution >= 4 is 17.5 Å². The second-order valence-electron chi connectivity index (χ2n) is 3.07. The van der Waals surface area contributed by atoms with Gasteiger partial charge in [-0.1, -0.05) is 0 Å². The number of hydrazine groups is 1. The van der Waals surface area contributed by atoms with Crippen LogP contribution in [0, 0.1) is 0 Å². The van der Waals surface area contributed by atoms with Crippen LogP contribution < -0.4 is 5.84 Å². The van der Waals surface area contributed by atoms with Gasteiger partial charge >= 0.3 is 0 Å². The van der Waals surface area contributed by atoms with E-state index in [1.165, 1.54) is 0 Å². The summed E-state index contributed by atoms with van der Waals surface area (Å²) in [6.07, 6.45) is 0. The van der Waals surface area contributed by atoms with E-state index >= 15 is 0 Å². The Bertz CT molecular complexity index is 130. The molecular weight excluding hydrogens is 152 g/mol. The van der Waals surface area contributed by atoms with Gasteiger partial charge in [0, 0.05) is 0 Å². The Hall–Kier alpha value is -0.280. The van der Waals surface area contributed by atoms with Crippen LogP contribution in [0.1, 0.15) is 20.8 Å². The van der Waals surface area contributed by atoms with Gasteiger partial charge < -0.3 is 0 Å². The van der Waals surface area contributed by atoms with Gasteiger partial charge in [0.05, 0.1) is 5.54 Å². The Morgan fingerprint density at radius 3 is 2.10 bits per heavy atom. The van der Waals surface area contributed by atoms with Gasteiger partial charge in [-0.15, -0.1) is 11.6 Å². The van der Waals surface area contributed by atoms with Gasteiger partial charge in [0.15, 0.2) is 0 Å². The third-order valence-corrected chi connectivity index (χ3v) is 1.33. The standard InChI is InChI=1S/C6H13ClN2O/c1-6(2,3)9(8)5(10)4-7/h4,8H2,1-3H3. The zero-order valence-corrected chi connectivity index (χ0v) is 7.27. The lowest BCUT2D eigenvalue weighted by Crippen LogP contribution is -2.51. The number of nitrogens with two attached hydrogens (primary N) is 1. The van der Waals surface area contributed by atoms with E-state index in [2.05, 4.69) is 0 Å². The van der Waals surface area contributed by atoms with Crippen LogP contribution in [-0.2, 0) is 4.79 Å². The van der Waals surface area contributed by atoms with E-state index in [4.69, 9.17) is 17.4 Å². The van der Waals surface area contributed by atoms with Crippen molar-refractivity contribution < 1.29 is 4.79 Å². The Morgan fingerprint density at radius 1 is 1.60 bits per heavy atom. The SMILES string of the molecule is CC(C)(C)N(N)C(=O)CCl. The molecule has 0 rings (SSSR count). The van der Waals surface area contributed by atoms with E-state index in [-0.39, 0.29) is 17.3 Å². The minimum atomic E-state index is -0.341. The van der Waals surface area contributed by atoms with Gasteiger partial charge in [-0.2, -0.15) is 0 Å². The molecule has 0 heterocycles. The molecule has 60 valence electrons. The molecule has 1 amide bonds. The predicted octanol–water partition coefficient (Wildman–Crippen LogP) is 0.726. The summed E-state index contributed by atoms with van der Waals surface area (Å²) in [7, 11) is 0. The minimum Gasteiger partial charge on any atom is -0.274 e. The fourth-order valence-electron chi connectivity index (χ4n) is 0.438. The van der Waals surface area contributed by atoms with Gasteiger partial charge in [-0.05, 0) is 20.8 Å². The average Bonchev–Trinajstić information content (AvgIpc) is 1.83. The lowest BCUT2D eigenvalue weighted by atomic mass is 10.1. The molecule has 3 nitrogen and oxygen atoms in total. The smallest absolute Gasteiger partial charge is 0.251 e. The third kappa shape index (κ3) is 2.54. The zero-order valence-electron chi connectivity index (χ0n) is 6.52. The summed E-state index contributed by atoms with van der Waals surface area (Å²) in [5.41, 5.74) is -0.341. The maximum Gasteiger partial charge on any atom is 0.251 e. The predicted molar refractivity (Wildman–Crippen MR) is 41.5 cm³/mol. The fraction of sp³-hybridized carbons (Fsp3) is 0.833. The van der Waals surface area contributed by atoms with Crippen molar-refractivity contribution in [2.45, 2.75) is 26.3 Å². The summed E-state index contributed by atoms with van der Waals surface area (Å²) in [6.45, 7) is 5.53. The summed E-state index contributed by atoms with van der Waals surface area (Å²) in [4.78, 5) is 10.8. The first-order valence-electron chi connectivity index (χ1n) is 3.03. The van der Waals surface area contributed by atoms with Crippen LogP contribution in [0.15, 0.2) is 0 Å². The van der Waals surface area contributed by atoms with Crippen LogP contribution in [-0.4, -0.2) is 22.3 Å². The maximum atomic E-state index is 10.8. The highest BCUT2D eigenvalue weighted by Gasteiger charge is 2.21. The van der Waals surface area contributed by atoms with E-state index in [0.29, 0.717) is 0 Å². The van der Waals surface area contributed by atoms with Crippen molar-refractivity contribution in [2.24, 2.45) is 5.84 Å². The number of hydrogen-bond donors (Lipinski definition) is 1. The quantitative estimate of drug-likeness (QED) is 0.269. The molecule has 0 aliphatic heterocycles. The molecule has 0 aromatic heterocycles. The monoisotopic (exact) mass is 164 g/mol. The number of carbonyl (C=O) groups excluding carboxylic acids is 1. The zero-order chi connectivity index (χ0) is 8.36. The van der Waals surface area contributed by atoms with Gasteiger partial charge in [0.1, 0.15) is 5.88 Å². The molecule has 0 fully saturated rings. The van der Waals surface area contributed by atoms with E-state index in [0.717, 1.165) is 5.01 Å². The van der Waals surface area contributed by atoms with Gasteiger partial charge in [-0.25, -0.2) is 5.84 Å². The summed E-state index contributed by atoms with van der Waals surface area (Å²) in [6, 6.07) is 0. The van der Waals surface area contributed by atoms with Crippen LogP contribution in [0.3, 0.4) is 0 Å². The van der Waals surface area contributed by atoms with E-state index in [1.54, 1.807) is 0 Å². The number of amides is 1. The summed E-state index contributed by atoms with van der Waals surface area (Å²) in [5.74, 6) is 5.09.